The molecule has 0 radical (unpaired) electrons. The van der Waals surface area contributed by atoms with Gasteiger partial charge in [-0.2, -0.15) is 0 Å². The van der Waals surface area contributed by atoms with Crippen LogP contribution in [0.15, 0.2) is 51.9 Å². The molecule has 3 heterocycles. The van der Waals surface area contributed by atoms with Crippen molar-refractivity contribution >= 4 is 16.9 Å². The van der Waals surface area contributed by atoms with E-state index in [0.29, 0.717) is 13.1 Å². The number of aromatic amines is 1. The fraction of sp³-hybridized carbons (Fsp3) is 0.368. The van der Waals surface area contributed by atoms with Crippen molar-refractivity contribution in [2.75, 3.05) is 19.6 Å². The lowest BCUT2D eigenvalue weighted by atomic mass is 10.0. The maximum Gasteiger partial charge on any atom is 0.326 e. The van der Waals surface area contributed by atoms with Crippen molar-refractivity contribution in [3.05, 3.63) is 58.9 Å². The topological polar surface area (TPSA) is 83.3 Å². The molecule has 0 atom stereocenters. The number of para-hydroxylation sites is 2. The van der Waals surface area contributed by atoms with Crippen molar-refractivity contribution in [1.29, 1.82) is 0 Å². The number of rotatable bonds is 5. The second-order valence-corrected chi connectivity index (χ2v) is 6.68. The lowest BCUT2D eigenvalue weighted by Gasteiger charge is -2.32. The van der Waals surface area contributed by atoms with Gasteiger partial charge in [-0.05, 0) is 37.1 Å². The molecule has 1 aliphatic rings. The van der Waals surface area contributed by atoms with Crippen LogP contribution in [0.2, 0.25) is 0 Å². The number of benzene rings is 1. The number of likely N-dealkylation sites (tertiary alicyclic amines) is 1. The molecule has 7 nitrogen and oxygen atoms in total. The Kier molecular flexibility index (Phi) is 4.62. The van der Waals surface area contributed by atoms with Crippen molar-refractivity contribution in [3.8, 4) is 0 Å². The minimum absolute atomic E-state index is 0.0101. The van der Waals surface area contributed by atoms with Crippen LogP contribution in [0.25, 0.3) is 11.0 Å². The predicted octanol–water partition coefficient (Wildman–Crippen LogP) is 1.88. The molecule has 136 valence electrons. The minimum Gasteiger partial charge on any atom is -0.467 e. The summed E-state index contributed by atoms with van der Waals surface area (Å²) in [6, 6.07) is 11.6. The predicted molar refractivity (Wildman–Crippen MR) is 97.8 cm³/mol. The average Bonchev–Trinajstić information content (AvgIpc) is 3.27. The first kappa shape index (κ1) is 16.7. The molecule has 0 spiro atoms. The van der Waals surface area contributed by atoms with Crippen LogP contribution in [0.5, 0.6) is 0 Å². The van der Waals surface area contributed by atoms with E-state index in [2.05, 4.69) is 15.2 Å². The lowest BCUT2D eigenvalue weighted by molar-refractivity contribution is -0.122. The van der Waals surface area contributed by atoms with E-state index in [9.17, 15) is 9.59 Å². The van der Waals surface area contributed by atoms with E-state index in [1.54, 1.807) is 12.3 Å². The van der Waals surface area contributed by atoms with E-state index in [-0.39, 0.29) is 17.6 Å². The number of nitrogens with one attached hydrogen (secondary N) is 2. The third kappa shape index (κ3) is 3.43. The van der Waals surface area contributed by atoms with Gasteiger partial charge < -0.3 is 14.7 Å². The van der Waals surface area contributed by atoms with Gasteiger partial charge >= 0.3 is 5.69 Å². The fourth-order valence-corrected chi connectivity index (χ4v) is 3.63. The maximum atomic E-state index is 12.3. The zero-order valence-corrected chi connectivity index (χ0v) is 14.5. The second kappa shape index (κ2) is 7.21. The molecule has 26 heavy (non-hydrogen) atoms. The van der Waals surface area contributed by atoms with E-state index in [1.807, 2.05) is 34.9 Å². The SMILES string of the molecule is O=C(CN1CCC(n2c(=O)[nH]c3ccccc32)CC1)NCc1ccco1. The summed E-state index contributed by atoms with van der Waals surface area (Å²) in [5.74, 6) is 0.736. The number of hydrogen-bond donors (Lipinski definition) is 2. The van der Waals surface area contributed by atoms with Gasteiger partial charge in [-0.3, -0.25) is 14.3 Å². The van der Waals surface area contributed by atoms with Crippen LogP contribution in [0, 0.1) is 0 Å². The number of hydrogen-bond acceptors (Lipinski definition) is 4. The van der Waals surface area contributed by atoms with Gasteiger partial charge in [0.1, 0.15) is 5.76 Å². The molecule has 1 saturated heterocycles. The van der Waals surface area contributed by atoms with Crippen LogP contribution >= 0.6 is 0 Å². The number of carbonyl (C=O) groups is 1. The van der Waals surface area contributed by atoms with E-state index in [0.717, 1.165) is 42.7 Å². The molecule has 1 aromatic carbocycles. The van der Waals surface area contributed by atoms with Crippen LogP contribution in [0.4, 0.5) is 0 Å². The summed E-state index contributed by atoms with van der Waals surface area (Å²) in [4.78, 5) is 29.5. The Morgan fingerprint density at radius 1 is 1.19 bits per heavy atom. The van der Waals surface area contributed by atoms with Crippen molar-refractivity contribution in [1.82, 2.24) is 19.8 Å². The molecule has 0 aliphatic carbocycles. The maximum absolute atomic E-state index is 12.3. The summed E-state index contributed by atoms with van der Waals surface area (Å²) in [6.07, 6.45) is 3.30. The lowest BCUT2D eigenvalue weighted by Crippen LogP contribution is -2.42. The van der Waals surface area contributed by atoms with Crippen LogP contribution in [0.1, 0.15) is 24.6 Å². The molecule has 0 bridgehead atoms. The van der Waals surface area contributed by atoms with E-state index < -0.39 is 0 Å². The number of carbonyl (C=O) groups excluding carboxylic acids is 1. The molecule has 2 aromatic heterocycles. The smallest absolute Gasteiger partial charge is 0.326 e. The number of amides is 1. The number of nitrogens with zero attached hydrogens (tertiary/aromatic N) is 2. The summed E-state index contributed by atoms with van der Waals surface area (Å²) in [6.45, 7) is 2.37. The Morgan fingerprint density at radius 2 is 2.00 bits per heavy atom. The molecule has 7 heteroatoms. The van der Waals surface area contributed by atoms with Crippen LogP contribution in [-0.2, 0) is 11.3 Å². The summed E-state index contributed by atoms with van der Waals surface area (Å²) in [7, 11) is 0. The van der Waals surface area contributed by atoms with Gasteiger partial charge in [-0.25, -0.2) is 4.79 Å². The van der Waals surface area contributed by atoms with Crippen molar-refractivity contribution in [2.24, 2.45) is 0 Å². The van der Waals surface area contributed by atoms with Gasteiger partial charge in [0.05, 0.1) is 30.4 Å². The van der Waals surface area contributed by atoms with Crippen LogP contribution < -0.4 is 11.0 Å². The summed E-state index contributed by atoms with van der Waals surface area (Å²) in [5.41, 5.74) is 1.77. The highest BCUT2D eigenvalue weighted by atomic mass is 16.3. The first-order valence-electron chi connectivity index (χ1n) is 8.91. The van der Waals surface area contributed by atoms with Crippen molar-refractivity contribution in [3.63, 3.8) is 0 Å². The summed E-state index contributed by atoms with van der Waals surface area (Å²) in [5, 5.41) is 2.87. The van der Waals surface area contributed by atoms with Gasteiger partial charge in [0.25, 0.3) is 0 Å². The average molecular weight is 354 g/mol. The van der Waals surface area contributed by atoms with Gasteiger partial charge in [0, 0.05) is 19.1 Å². The third-order valence-corrected chi connectivity index (χ3v) is 4.95. The molecular weight excluding hydrogens is 332 g/mol. The number of piperidine rings is 1. The fourth-order valence-electron chi connectivity index (χ4n) is 3.63. The van der Waals surface area contributed by atoms with Gasteiger partial charge in [-0.1, -0.05) is 12.1 Å². The first-order valence-corrected chi connectivity index (χ1v) is 8.91. The second-order valence-electron chi connectivity index (χ2n) is 6.68. The monoisotopic (exact) mass is 354 g/mol. The first-order chi connectivity index (χ1) is 12.7. The molecule has 0 unspecified atom stereocenters. The van der Waals surface area contributed by atoms with Crippen molar-refractivity contribution < 1.29 is 9.21 Å². The van der Waals surface area contributed by atoms with Gasteiger partial charge in [0.2, 0.25) is 5.91 Å². The molecule has 1 amide bonds. The zero-order valence-electron chi connectivity index (χ0n) is 14.5. The highest BCUT2D eigenvalue weighted by molar-refractivity contribution is 5.78. The Hall–Kier alpha value is -2.80. The quantitative estimate of drug-likeness (QED) is 0.733. The summed E-state index contributed by atoms with van der Waals surface area (Å²) >= 11 is 0. The molecule has 3 aromatic rings. The standard InChI is InChI=1S/C19H22N4O3/c24-18(20-12-15-4-3-11-26-15)13-22-9-7-14(8-10-22)23-17-6-2-1-5-16(17)21-19(23)25/h1-6,11,14H,7-10,12-13H2,(H,20,24)(H,21,25). The van der Waals surface area contributed by atoms with E-state index in [1.165, 1.54) is 0 Å². The largest absolute Gasteiger partial charge is 0.467 e. The normalized spacial score (nSPS) is 16.2. The Morgan fingerprint density at radius 3 is 2.77 bits per heavy atom. The van der Waals surface area contributed by atoms with E-state index in [4.69, 9.17) is 4.42 Å². The number of imidazole rings is 1. The molecule has 1 aliphatic heterocycles. The zero-order chi connectivity index (χ0) is 17.9. The van der Waals surface area contributed by atoms with Crippen LogP contribution in [-0.4, -0.2) is 40.0 Å². The van der Waals surface area contributed by atoms with Gasteiger partial charge in [0.15, 0.2) is 0 Å². The van der Waals surface area contributed by atoms with Crippen LogP contribution in [0.3, 0.4) is 0 Å². The number of fused-ring (bicyclic) bond motifs is 1. The molecule has 0 saturated carbocycles. The molecule has 4 rings (SSSR count). The number of H-pyrrole nitrogens is 1. The minimum atomic E-state index is -0.0548. The highest BCUT2D eigenvalue weighted by Gasteiger charge is 2.24. The Bertz CT molecular complexity index is 933. The number of furan rings is 1. The molecule has 2 N–H and O–H groups in total. The van der Waals surface area contributed by atoms with Gasteiger partial charge in [-0.15, -0.1) is 0 Å². The highest BCUT2D eigenvalue weighted by Crippen LogP contribution is 2.24. The molecule has 1 fully saturated rings. The third-order valence-electron chi connectivity index (χ3n) is 4.95. The van der Waals surface area contributed by atoms with Crippen molar-refractivity contribution in [2.45, 2.75) is 25.4 Å². The Balaban J connectivity index is 1.33. The van der Waals surface area contributed by atoms with E-state index >= 15 is 0 Å². The molecular formula is C19H22N4O3. The number of aromatic nitrogens is 2. The summed E-state index contributed by atoms with van der Waals surface area (Å²) < 4.78 is 7.08. The Labute approximate surface area is 150 Å².